The number of halogens is 1. The summed E-state index contributed by atoms with van der Waals surface area (Å²) in [5.74, 6) is 0. The smallest absolute Gasteiger partial charge is 0.0211 e. The van der Waals surface area contributed by atoms with E-state index < -0.39 is 0 Å². The first-order chi connectivity index (χ1) is 9.34. The van der Waals surface area contributed by atoms with Crippen molar-refractivity contribution in [3.05, 3.63) is 75.9 Å². The second-order valence-electron chi connectivity index (χ2n) is 4.47. The molecule has 3 aromatic rings. The molecule has 1 unspecified atom stereocenters. The maximum Gasteiger partial charge on any atom is 0.0211 e. The van der Waals surface area contributed by atoms with Crippen LogP contribution in [0.1, 0.15) is 5.56 Å². The Balaban J connectivity index is 1.93. The van der Waals surface area contributed by atoms with Gasteiger partial charge in [-0.3, -0.25) is 0 Å². The third-order valence-electron chi connectivity index (χ3n) is 3.20. The lowest BCUT2D eigenvalue weighted by molar-refractivity contribution is 1.45. The second kappa shape index (κ2) is 6.02. The highest BCUT2D eigenvalue weighted by Crippen LogP contribution is 2.28. The molecule has 0 spiro atoms. The number of benzene rings is 3. The van der Waals surface area contributed by atoms with E-state index in [2.05, 4.69) is 89.3 Å². The van der Waals surface area contributed by atoms with Crippen molar-refractivity contribution in [2.75, 3.05) is 0 Å². The molecular formula is C17H14IP. The van der Waals surface area contributed by atoms with Crippen LogP contribution in [0, 0.1) is 3.57 Å². The van der Waals surface area contributed by atoms with Crippen LogP contribution in [0.25, 0.3) is 10.8 Å². The summed E-state index contributed by atoms with van der Waals surface area (Å²) in [4.78, 5) is 0. The molecule has 0 fully saturated rings. The van der Waals surface area contributed by atoms with Crippen LogP contribution >= 0.6 is 31.2 Å². The first-order valence-corrected chi connectivity index (χ1v) is 8.58. The van der Waals surface area contributed by atoms with Crippen LogP contribution in [0.5, 0.6) is 0 Å². The standard InChI is InChI=1S/C17H14IP/c18-16-11-5-7-13-6-4-8-14(17(13)16)12-19-15-9-2-1-3-10-15/h1-11,19H,12H2. The van der Waals surface area contributed by atoms with Gasteiger partial charge in [-0.05, 0) is 56.5 Å². The molecule has 0 N–H and O–H groups in total. The zero-order valence-corrected chi connectivity index (χ0v) is 13.6. The van der Waals surface area contributed by atoms with Gasteiger partial charge in [-0.2, -0.15) is 0 Å². The molecule has 3 aromatic carbocycles. The van der Waals surface area contributed by atoms with Gasteiger partial charge in [0.25, 0.3) is 0 Å². The summed E-state index contributed by atoms with van der Waals surface area (Å²) in [6, 6.07) is 23.9. The van der Waals surface area contributed by atoms with Crippen molar-refractivity contribution >= 4 is 47.2 Å². The highest BCUT2D eigenvalue weighted by atomic mass is 127. The van der Waals surface area contributed by atoms with Gasteiger partial charge in [-0.1, -0.05) is 69.2 Å². The summed E-state index contributed by atoms with van der Waals surface area (Å²) < 4.78 is 1.35. The van der Waals surface area contributed by atoms with E-state index in [1.54, 1.807) is 0 Å². The first kappa shape index (κ1) is 13.1. The van der Waals surface area contributed by atoms with Gasteiger partial charge in [0.05, 0.1) is 0 Å². The molecule has 0 radical (unpaired) electrons. The Morgan fingerprint density at radius 1 is 0.789 bits per heavy atom. The third kappa shape index (κ3) is 2.98. The SMILES string of the molecule is Ic1cccc2cccc(CPc3ccccc3)c12. The minimum absolute atomic E-state index is 0.838. The average molecular weight is 376 g/mol. The molecule has 0 heterocycles. The Bertz CT molecular complexity index is 687. The predicted molar refractivity (Wildman–Crippen MR) is 94.8 cm³/mol. The molecule has 0 aromatic heterocycles. The van der Waals surface area contributed by atoms with E-state index in [1.165, 1.54) is 25.2 Å². The minimum Gasteiger partial charge on any atom is -0.0859 e. The molecule has 0 aliphatic heterocycles. The Morgan fingerprint density at radius 2 is 1.53 bits per heavy atom. The van der Waals surface area contributed by atoms with Gasteiger partial charge in [0.15, 0.2) is 0 Å². The van der Waals surface area contributed by atoms with Crippen molar-refractivity contribution in [1.29, 1.82) is 0 Å². The summed E-state index contributed by atoms with van der Waals surface area (Å²) in [5.41, 5.74) is 1.46. The molecule has 0 saturated carbocycles. The largest absolute Gasteiger partial charge is 0.0859 e. The lowest BCUT2D eigenvalue weighted by Gasteiger charge is -2.08. The molecule has 3 rings (SSSR count). The maximum atomic E-state index is 2.44. The van der Waals surface area contributed by atoms with Gasteiger partial charge in [-0.25, -0.2) is 0 Å². The highest BCUT2D eigenvalue weighted by molar-refractivity contribution is 14.1. The van der Waals surface area contributed by atoms with Crippen LogP contribution in [0.2, 0.25) is 0 Å². The topological polar surface area (TPSA) is 0 Å². The van der Waals surface area contributed by atoms with Gasteiger partial charge in [0.2, 0.25) is 0 Å². The number of hydrogen-bond acceptors (Lipinski definition) is 0. The molecule has 0 bridgehead atoms. The molecule has 19 heavy (non-hydrogen) atoms. The summed E-state index contributed by atoms with van der Waals surface area (Å²) >= 11 is 2.44. The van der Waals surface area contributed by atoms with E-state index >= 15 is 0 Å². The molecule has 94 valence electrons. The molecule has 2 heteroatoms. The van der Waals surface area contributed by atoms with Gasteiger partial charge < -0.3 is 0 Å². The molecule has 0 aliphatic rings. The van der Waals surface area contributed by atoms with Gasteiger partial charge in [-0.15, -0.1) is 0 Å². The lowest BCUT2D eigenvalue weighted by atomic mass is 10.1. The van der Waals surface area contributed by atoms with E-state index in [0.717, 1.165) is 14.7 Å². The van der Waals surface area contributed by atoms with Crippen molar-refractivity contribution in [1.82, 2.24) is 0 Å². The van der Waals surface area contributed by atoms with E-state index in [1.807, 2.05) is 0 Å². The zero-order valence-electron chi connectivity index (χ0n) is 10.4. The summed E-state index contributed by atoms with van der Waals surface area (Å²) in [6.07, 6.45) is 1.13. The average Bonchev–Trinajstić information content (AvgIpc) is 2.46. The number of rotatable bonds is 3. The third-order valence-corrected chi connectivity index (χ3v) is 5.40. The monoisotopic (exact) mass is 376 g/mol. The fraction of sp³-hybridized carbons (Fsp3) is 0.0588. The lowest BCUT2D eigenvalue weighted by Crippen LogP contribution is -1.94. The van der Waals surface area contributed by atoms with Crippen LogP contribution in [0.15, 0.2) is 66.7 Å². The highest BCUT2D eigenvalue weighted by Gasteiger charge is 2.04. The molecule has 0 nitrogen and oxygen atoms in total. The first-order valence-electron chi connectivity index (χ1n) is 6.29. The Morgan fingerprint density at radius 3 is 2.32 bits per heavy atom. The van der Waals surface area contributed by atoms with Crippen LogP contribution in [-0.4, -0.2) is 0 Å². The van der Waals surface area contributed by atoms with Crippen molar-refractivity contribution in [3.8, 4) is 0 Å². The van der Waals surface area contributed by atoms with Crippen LogP contribution < -0.4 is 5.30 Å². The second-order valence-corrected chi connectivity index (χ2v) is 6.92. The number of fused-ring (bicyclic) bond motifs is 1. The van der Waals surface area contributed by atoms with E-state index in [4.69, 9.17) is 0 Å². The maximum absolute atomic E-state index is 2.44. The fourth-order valence-electron chi connectivity index (χ4n) is 2.27. The number of hydrogen-bond donors (Lipinski definition) is 0. The molecule has 0 aliphatic carbocycles. The van der Waals surface area contributed by atoms with Crippen LogP contribution in [-0.2, 0) is 6.16 Å². The van der Waals surface area contributed by atoms with Gasteiger partial charge >= 0.3 is 0 Å². The normalized spacial score (nSPS) is 11.4. The van der Waals surface area contributed by atoms with E-state index in [0.29, 0.717) is 0 Å². The van der Waals surface area contributed by atoms with Crippen LogP contribution in [0.4, 0.5) is 0 Å². The fourth-order valence-corrected chi connectivity index (χ4v) is 4.25. The predicted octanol–water partition coefficient (Wildman–Crippen LogP) is 4.95. The molecule has 1 atom stereocenters. The van der Waals surface area contributed by atoms with Crippen molar-refractivity contribution < 1.29 is 0 Å². The Kier molecular flexibility index (Phi) is 4.15. The van der Waals surface area contributed by atoms with E-state index in [-0.39, 0.29) is 0 Å². The Hall–Kier alpha value is -0.920. The molecular weight excluding hydrogens is 362 g/mol. The summed E-state index contributed by atoms with van der Waals surface area (Å²) in [7, 11) is 0.838. The van der Waals surface area contributed by atoms with Gasteiger partial charge in [0, 0.05) is 3.57 Å². The molecule has 0 amide bonds. The summed E-state index contributed by atoms with van der Waals surface area (Å²) in [5, 5.41) is 4.21. The zero-order chi connectivity index (χ0) is 13.1. The Labute approximate surface area is 129 Å². The van der Waals surface area contributed by atoms with Gasteiger partial charge in [0.1, 0.15) is 0 Å². The van der Waals surface area contributed by atoms with E-state index in [9.17, 15) is 0 Å². The van der Waals surface area contributed by atoms with Crippen molar-refractivity contribution in [2.45, 2.75) is 6.16 Å². The van der Waals surface area contributed by atoms with Crippen molar-refractivity contribution in [2.24, 2.45) is 0 Å². The van der Waals surface area contributed by atoms with Crippen molar-refractivity contribution in [3.63, 3.8) is 0 Å². The molecule has 0 saturated heterocycles. The quantitative estimate of drug-likeness (QED) is 0.448. The summed E-state index contributed by atoms with van der Waals surface area (Å²) in [6.45, 7) is 0. The van der Waals surface area contributed by atoms with Crippen LogP contribution in [0.3, 0.4) is 0 Å². The minimum atomic E-state index is 0.838.